The highest BCUT2D eigenvalue weighted by atomic mass is 16.1. The number of benzene rings is 1. The van der Waals surface area contributed by atoms with Crippen molar-refractivity contribution in [2.24, 2.45) is 0 Å². The van der Waals surface area contributed by atoms with Crippen LogP contribution in [0.25, 0.3) is 5.57 Å². The van der Waals surface area contributed by atoms with Gasteiger partial charge in [-0.1, -0.05) is 24.3 Å². The number of allylic oxidation sites excluding steroid dienone is 1. The first-order valence-corrected chi connectivity index (χ1v) is 5.31. The van der Waals surface area contributed by atoms with E-state index in [0.717, 1.165) is 22.4 Å². The zero-order chi connectivity index (χ0) is 11.0. The molecule has 0 bridgehead atoms. The van der Waals surface area contributed by atoms with Crippen LogP contribution in [0.4, 0.5) is 0 Å². The van der Waals surface area contributed by atoms with E-state index in [9.17, 15) is 4.79 Å². The summed E-state index contributed by atoms with van der Waals surface area (Å²) in [5.41, 5.74) is 4.27. The molecule has 0 amide bonds. The molecular weight excluding hydrogens is 198 g/mol. The molecule has 1 aromatic heterocycles. The number of hydrogen-bond donors (Lipinski definition) is 1. The van der Waals surface area contributed by atoms with Crippen LogP contribution in [0, 0.1) is 0 Å². The molecule has 0 unspecified atom stereocenters. The predicted octanol–water partition coefficient (Wildman–Crippen LogP) is 2.57. The van der Waals surface area contributed by atoms with Gasteiger partial charge in [0, 0.05) is 23.9 Å². The highest BCUT2D eigenvalue weighted by molar-refractivity contribution is 6.04. The Morgan fingerprint density at radius 1 is 1.06 bits per heavy atom. The van der Waals surface area contributed by atoms with E-state index >= 15 is 0 Å². The van der Waals surface area contributed by atoms with Crippen LogP contribution in [0.5, 0.6) is 0 Å². The van der Waals surface area contributed by atoms with Crippen molar-refractivity contribution < 1.29 is 4.79 Å². The first-order chi connectivity index (χ1) is 7.84. The summed E-state index contributed by atoms with van der Waals surface area (Å²) in [4.78, 5) is 14.8. The van der Waals surface area contributed by atoms with Gasteiger partial charge >= 0.3 is 0 Å². The van der Waals surface area contributed by atoms with Crippen LogP contribution in [-0.2, 0) is 11.2 Å². The van der Waals surface area contributed by atoms with Gasteiger partial charge in [-0.2, -0.15) is 0 Å². The number of carbonyl (C=O) groups is 1. The Morgan fingerprint density at radius 3 is 2.75 bits per heavy atom. The standard InChI is InChI=1S/C14H11NO/c16-11-8-10-4-1-2-5-12(10)13(9-11)14-6-3-7-15-14/h1-7,9,15H,8H2. The van der Waals surface area contributed by atoms with Crippen LogP contribution in [0.3, 0.4) is 0 Å². The van der Waals surface area contributed by atoms with Crippen LogP contribution in [0.15, 0.2) is 48.7 Å². The van der Waals surface area contributed by atoms with Crippen molar-refractivity contribution in [3.05, 3.63) is 65.5 Å². The van der Waals surface area contributed by atoms with Gasteiger partial charge in [0.05, 0.1) is 0 Å². The highest BCUT2D eigenvalue weighted by Gasteiger charge is 2.18. The van der Waals surface area contributed by atoms with Crippen LogP contribution in [0.1, 0.15) is 16.8 Å². The maximum absolute atomic E-state index is 11.6. The van der Waals surface area contributed by atoms with E-state index in [1.54, 1.807) is 6.08 Å². The molecule has 0 spiro atoms. The number of ketones is 1. The van der Waals surface area contributed by atoms with E-state index in [0.29, 0.717) is 6.42 Å². The Hall–Kier alpha value is -2.09. The van der Waals surface area contributed by atoms with Gasteiger partial charge in [-0.25, -0.2) is 0 Å². The van der Waals surface area contributed by atoms with E-state index in [2.05, 4.69) is 11.1 Å². The lowest BCUT2D eigenvalue weighted by atomic mass is 9.89. The molecule has 1 aliphatic carbocycles. The van der Waals surface area contributed by atoms with Crippen molar-refractivity contribution in [2.45, 2.75) is 6.42 Å². The Labute approximate surface area is 93.6 Å². The molecule has 0 aliphatic heterocycles. The fourth-order valence-corrected chi connectivity index (χ4v) is 2.14. The number of aromatic nitrogens is 1. The molecule has 2 heteroatoms. The number of fused-ring (bicyclic) bond motifs is 1. The topological polar surface area (TPSA) is 32.9 Å². The lowest BCUT2D eigenvalue weighted by Gasteiger charge is -2.15. The van der Waals surface area contributed by atoms with Gasteiger partial charge in [0.15, 0.2) is 5.78 Å². The smallest absolute Gasteiger partial charge is 0.160 e. The fraction of sp³-hybridized carbons (Fsp3) is 0.0714. The molecule has 0 atom stereocenters. The SMILES string of the molecule is O=C1C=C(c2ccc[nH]2)c2ccccc2C1. The number of nitrogens with one attached hydrogen (secondary N) is 1. The summed E-state index contributed by atoms with van der Waals surface area (Å²) in [6, 6.07) is 12.0. The number of hydrogen-bond acceptors (Lipinski definition) is 1. The van der Waals surface area contributed by atoms with Gasteiger partial charge < -0.3 is 4.98 Å². The Kier molecular flexibility index (Phi) is 2.00. The van der Waals surface area contributed by atoms with E-state index < -0.39 is 0 Å². The monoisotopic (exact) mass is 209 g/mol. The average molecular weight is 209 g/mol. The lowest BCUT2D eigenvalue weighted by Crippen LogP contribution is -2.09. The summed E-state index contributed by atoms with van der Waals surface area (Å²) < 4.78 is 0. The molecule has 1 N–H and O–H groups in total. The minimum Gasteiger partial charge on any atom is -0.361 e. The maximum atomic E-state index is 11.6. The molecule has 0 radical (unpaired) electrons. The number of H-pyrrole nitrogens is 1. The molecule has 78 valence electrons. The highest BCUT2D eigenvalue weighted by Crippen LogP contribution is 2.29. The normalized spacial score (nSPS) is 14.5. The van der Waals surface area contributed by atoms with Crippen molar-refractivity contribution in [2.75, 3.05) is 0 Å². The molecule has 0 fully saturated rings. The summed E-state index contributed by atoms with van der Waals surface area (Å²) >= 11 is 0. The zero-order valence-electron chi connectivity index (χ0n) is 8.73. The van der Waals surface area contributed by atoms with Gasteiger partial charge in [-0.05, 0) is 29.3 Å². The molecule has 3 rings (SSSR count). The third-order valence-corrected chi connectivity index (χ3v) is 2.87. The molecular formula is C14H11NO. The summed E-state index contributed by atoms with van der Waals surface area (Å²) in [6.07, 6.45) is 4.12. The van der Waals surface area contributed by atoms with Crippen molar-refractivity contribution in [3.63, 3.8) is 0 Å². The molecule has 1 aromatic carbocycles. The first-order valence-electron chi connectivity index (χ1n) is 5.31. The first kappa shape index (κ1) is 9.16. The van der Waals surface area contributed by atoms with Gasteiger partial charge in [-0.15, -0.1) is 0 Å². The summed E-state index contributed by atoms with van der Waals surface area (Å²) in [5, 5.41) is 0. The average Bonchev–Trinajstić information content (AvgIpc) is 2.81. The van der Waals surface area contributed by atoms with Gasteiger partial charge in [0.1, 0.15) is 0 Å². The van der Waals surface area contributed by atoms with Crippen molar-refractivity contribution in [1.82, 2.24) is 4.98 Å². The van der Waals surface area contributed by atoms with Crippen LogP contribution < -0.4 is 0 Å². The van der Waals surface area contributed by atoms with Crippen molar-refractivity contribution in [1.29, 1.82) is 0 Å². The summed E-state index contributed by atoms with van der Waals surface area (Å²) in [5.74, 6) is 0.170. The lowest BCUT2D eigenvalue weighted by molar-refractivity contribution is -0.114. The fourth-order valence-electron chi connectivity index (χ4n) is 2.14. The Balaban J connectivity index is 2.20. The van der Waals surface area contributed by atoms with Crippen molar-refractivity contribution in [3.8, 4) is 0 Å². The van der Waals surface area contributed by atoms with E-state index in [1.165, 1.54) is 0 Å². The Bertz CT molecular complexity index is 564. The predicted molar refractivity (Wildman–Crippen MR) is 63.0 cm³/mol. The van der Waals surface area contributed by atoms with Gasteiger partial charge in [-0.3, -0.25) is 4.79 Å². The number of rotatable bonds is 1. The van der Waals surface area contributed by atoms with Crippen LogP contribution in [-0.4, -0.2) is 10.8 Å². The summed E-state index contributed by atoms with van der Waals surface area (Å²) in [6.45, 7) is 0. The minimum absolute atomic E-state index is 0.170. The molecule has 1 aliphatic rings. The number of aromatic amines is 1. The Morgan fingerprint density at radius 2 is 1.94 bits per heavy atom. The third kappa shape index (κ3) is 1.39. The van der Waals surface area contributed by atoms with E-state index in [4.69, 9.17) is 0 Å². The largest absolute Gasteiger partial charge is 0.361 e. The molecule has 0 saturated heterocycles. The molecule has 0 saturated carbocycles. The minimum atomic E-state index is 0.170. The second kappa shape index (κ2) is 3.49. The second-order valence-electron chi connectivity index (χ2n) is 3.94. The maximum Gasteiger partial charge on any atom is 0.160 e. The quantitative estimate of drug-likeness (QED) is 0.769. The number of carbonyl (C=O) groups excluding carboxylic acids is 1. The molecule has 2 aromatic rings. The molecule has 16 heavy (non-hydrogen) atoms. The zero-order valence-corrected chi connectivity index (χ0v) is 8.73. The molecule has 2 nitrogen and oxygen atoms in total. The summed E-state index contributed by atoms with van der Waals surface area (Å²) in [7, 11) is 0. The third-order valence-electron chi connectivity index (χ3n) is 2.87. The van der Waals surface area contributed by atoms with Crippen molar-refractivity contribution >= 4 is 11.4 Å². The van der Waals surface area contributed by atoms with Crippen LogP contribution in [0.2, 0.25) is 0 Å². The van der Waals surface area contributed by atoms with E-state index in [1.807, 2.05) is 36.5 Å². The van der Waals surface area contributed by atoms with Crippen LogP contribution >= 0.6 is 0 Å². The van der Waals surface area contributed by atoms with E-state index in [-0.39, 0.29) is 5.78 Å². The second-order valence-corrected chi connectivity index (χ2v) is 3.94. The molecule has 1 heterocycles. The van der Waals surface area contributed by atoms with Gasteiger partial charge in [0.2, 0.25) is 0 Å². The van der Waals surface area contributed by atoms with Gasteiger partial charge in [0.25, 0.3) is 0 Å².